The molecule has 0 saturated heterocycles. The van der Waals surface area contributed by atoms with Gasteiger partial charge in [-0.25, -0.2) is 0 Å². The van der Waals surface area contributed by atoms with Crippen LogP contribution in [0.2, 0.25) is 0 Å². The monoisotopic (exact) mass is 462 g/mol. The van der Waals surface area contributed by atoms with Crippen LogP contribution >= 0.6 is 0 Å². The lowest BCUT2D eigenvalue weighted by molar-refractivity contribution is -0.117. The number of carbonyl (C=O) groups is 2. The van der Waals surface area contributed by atoms with Crippen LogP contribution in [0.15, 0.2) is 77.0 Å². The molecule has 0 aliphatic rings. The van der Waals surface area contributed by atoms with Crippen LogP contribution < -0.4 is 20.1 Å². The molecule has 2 aromatic carbocycles. The molecule has 0 radical (unpaired) electrons. The van der Waals surface area contributed by atoms with Gasteiger partial charge in [0.2, 0.25) is 0 Å². The molecule has 0 bridgehead atoms. The maximum atomic E-state index is 12.8. The van der Waals surface area contributed by atoms with Gasteiger partial charge in [-0.1, -0.05) is 12.1 Å². The van der Waals surface area contributed by atoms with Crippen molar-refractivity contribution in [2.75, 3.05) is 13.7 Å². The highest BCUT2D eigenvalue weighted by Crippen LogP contribution is 2.16. The van der Waals surface area contributed by atoms with Crippen molar-refractivity contribution in [1.82, 2.24) is 10.6 Å². The topological polar surface area (TPSA) is 89.8 Å². The number of carbonyl (C=O) groups excluding carboxylic acids is 2. The molecule has 178 valence electrons. The van der Waals surface area contributed by atoms with E-state index in [1.165, 1.54) is 12.3 Å². The number of nitrogens with one attached hydrogen (secondary N) is 2. The van der Waals surface area contributed by atoms with Crippen LogP contribution in [0.4, 0.5) is 0 Å². The number of benzene rings is 2. The molecule has 2 amide bonds. The van der Waals surface area contributed by atoms with Crippen molar-refractivity contribution in [2.45, 2.75) is 32.8 Å². The molecule has 3 rings (SSSR count). The smallest absolute Gasteiger partial charge is 0.267 e. The number of furan rings is 1. The number of hydrogen-bond acceptors (Lipinski definition) is 5. The van der Waals surface area contributed by atoms with Gasteiger partial charge in [0.1, 0.15) is 23.0 Å². The first kappa shape index (κ1) is 24.6. The minimum absolute atomic E-state index is 0.100. The average Bonchev–Trinajstić information content (AvgIpc) is 3.34. The van der Waals surface area contributed by atoms with Gasteiger partial charge in [0, 0.05) is 18.2 Å². The second-order valence-corrected chi connectivity index (χ2v) is 7.93. The van der Waals surface area contributed by atoms with E-state index in [9.17, 15) is 9.59 Å². The summed E-state index contributed by atoms with van der Waals surface area (Å²) >= 11 is 0. The predicted molar refractivity (Wildman–Crippen MR) is 131 cm³/mol. The summed E-state index contributed by atoms with van der Waals surface area (Å²) in [5, 5.41) is 5.56. The lowest BCUT2D eigenvalue weighted by atomic mass is 10.1. The Balaban J connectivity index is 1.59. The zero-order chi connectivity index (χ0) is 24.3. The minimum Gasteiger partial charge on any atom is -0.497 e. The molecule has 7 nitrogen and oxygen atoms in total. The Bertz CT molecular complexity index is 1100. The molecule has 0 unspecified atom stereocenters. The second-order valence-electron chi connectivity index (χ2n) is 7.93. The summed E-state index contributed by atoms with van der Waals surface area (Å²) in [6.07, 6.45) is 4.64. The van der Waals surface area contributed by atoms with Crippen molar-refractivity contribution >= 4 is 17.9 Å². The van der Waals surface area contributed by atoms with E-state index in [0.717, 1.165) is 24.2 Å². The fourth-order valence-corrected chi connectivity index (χ4v) is 3.25. The van der Waals surface area contributed by atoms with E-state index in [-0.39, 0.29) is 11.8 Å². The Hall–Kier alpha value is -4.00. The molecule has 0 fully saturated rings. The highest BCUT2D eigenvalue weighted by molar-refractivity contribution is 6.05. The average molecular weight is 463 g/mol. The number of hydrogen-bond donors (Lipinski definition) is 2. The summed E-state index contributed by atoms with van der Waals surface area (Å²) < 4.78 is 16.2. The number of aryl methyl sites for hydroxylation is 1. The highest BCUT2D eigenvalue weighted by atomic mass is 16.5. The number of methoxy groups -OCH3 is 1. The van der Waals surface area contributed by atoms with E-state index in [1.807, 2.05) is 38.1 Å². The molecule has 34 heavy (non-hydrogen) atoms. The third-order valence-electron chi connectivity index (χ3n) is 4.87. The van der Waals surface area contributed by atoms with E-state index in [1.54, 1.807) is 43.5 Å². The van der Waals surface area contributed by atoms with Gasteiger partial charge in [-0.3, -0.25) is 9.59 Å². The number of amides is 2. The molecule has 2 N–H and O–H groups in total. The van der Waals surface area contributed by atoms with Gasteiger partial charge < -0.3 is 24.5 Å². The Labute approximate surface area is 199 Å². The Kier molecular flexibility index (Phi) is 8.91. The molecule has 0 aliphatic carbocycles. The second kappa shape index (κ2) is 12.3. The van der Waals surface area contributed by atoms with Gasteiger partial charge >= 0.3 is 0 Å². The van der Waals surface area contributed by atoms with Crippen molar-refractivity contribution in [1.29, 1.82) is 0 Å². The maximum absolute atomic E-state index is 12.8. The van der Waals surface area contributed by atoms with Crippen LogP contribution in [0, 0.1) is 0 Å². The molecule has 0 aliphatic heterocycles. The fourth-order valence-electron chi connectivity index (χ4n) is 3.25. The maximum Gasteiger partial charge on any atom is 0.267 e. The molecule has 0 saturated carbocycles. The summed E-state index contributed by atoms with van der Waals surface area (Å²) in [5.74, 6) is 1.14. The van der Waals surface area contributed by atoms with Gasteiger partial charge in [0.15, 0.2) is 0 Å². The zero-order valence-corrected chi connectivity index (χ0v) is 19.7. The minimum atomic E-state index is -0.405. The van der Waals surface area contributed by atoms with Gasteiger partial charge in [-0.05, 0) is 80.8 Å². The van der Waals surface area contributed by atoms with Gasteiger partial charge in [0.05, 0.1) is 19.5 Å². The van der Waals surface area contributed by atoms with E-state index < -0.39 is 11.8 Å². The molecule has 3 aromatic rings. The van der Waals surface area contributed by atoms with Crippen molar-refractivity contribution < 1.29 is 23.5 Å². The highest BCUT2D eigenvalue weighted by Gasteiger charge is 2.15. The predicted octanol–water partition coefficient (Wildman–Crippen LogP) is 4.60. The molecule has 1 heterocycles. The van der Waals surface area contributed by atoms with Crippen molar-refractivity contribution in [3.8, 4) is 11.5 Å². The summed E-state index contributed by atoms with van der Waals surface area (Å²) in [7, 11) is 1.56. The van der Waals surface area contributed by atoms with Crippen molar-refractivity contribution in [3.05, 3.63) is 89.5 Å². The van der Waals surface area contributed by atoms with Gasteiger partial charge in [0.25, 0.3) is 11.8 Å². The number of rotatable bonds is 11. The fraction of sp³-hybridized carbons (Fsp3) is 0.259. The zero-order valence-electron chi connectivity index (χ0n) is 19.7. The molecule has 7 heteroatoms. The van der Waals surface area contributed by atoms with Crippen LogP contribution in [0.25, 0.3) is 6.08 Å². The lowest BCUT2D eigenvalue weighted by Crippen LogP contribution is -2.35. The lowest BCUT2D eigenvalue weighted by Gasteiger charge is -2.12. The van der Waals surface area contributed by atoms with Crippen LogP contribution in [0.1, 0.15) is 41.9 Å². The summed E-state index contributed by atoms with van der Waals surface area (Å²) in [6.45, 7) is 4.43. The van der Waals surface area contributed by atoms with Crippen LogP contribution in [-0.2, 0) is 11.2 Å². The van der Waals surface area contributed by atoms with Crippen molar-refractivity contribution in [3.63, 3.8) is 0 Å². The summed E-state index contributed by atoms with van der Waals surface area (Å²) in [5.41, 5.74) is 1.64. The molecule has 1 aromatic heterocycles. The largest absolute Gasteiger partial charge is 0.497 e. The SMILES string of the molecule is COc1ccc(C(=O)N/C(=C\c2ccco2)C(=O)NCCCc2cccc(OC(C)C)c2)cc1. The van der Waals surface area contributed by atoms with E-state index in [2.05, 4.69) is 10.6 Å². The Morgan fingerprint density at radius 1 is 1.03 bits per heavy atom. The first-order valence-corrected chi connectivity index (χ1v) is 11.2. The first-order valence-electron chi connectivity index (χ1n) is 11.2. The van der Waals surface area contributed by atoms with Crippen LogP contribution in [0.3, 0.4) is 0 Å². The van der Waals surface area contributed by atoms with Gasteiger partial charge in [-0.2, -0.15) is 0 Å². The Morgan fingerprint density at radius 3 is 2.50 bits per heavy atom. The van der Waals surface area contributed by atoms with E-state index in [0.29, 0.717) is 23.6 Å². The van der Waals surface area contributed by atoms with Gasteiger partial charge in [-0.15, -0.1) is 0 Å². The molecule has 0 atom stereocenters. The Morgan fingerprint density at radius 2 is 1.82 bits per heavy atom. The molecular weight excluding hydrogens is 432 g/mol. The normalized spacial score (nSPS) is 11.2. The van der Waals surface area contributed by atoms with E-state index in [4.69, 9.17) is 13.9 Å². The summed E-state index contributed by atoms with van der Waals surface area (Å²) in [4.78, 5) is 25.5. The standard InChI is InChI=1S/C27H30N2O5/c1-19(2)34-24-9-4-7-20(17-24)8-5-15-28-27(31)25(18-23-10-6-16-33-23)29-26(30)21-11-13-22(32-3)14-12-21/h4,6-7,9-14,16-19H,5,8,15H2,1-3H3,(H,28,31)(H,29,30)/b25-18-. The van der Waals surface area contributed by atoms with Crippen molar-refractivity contribution in [2.24, 2.45) is 0 Å². The third-order valence-corrected chi connectivity index (χ3v) is 4.87. The van der Waals surface area contributed by atoms with Crippen LogP contribution in [0.5, 0.6) is 11.5 Å². The third kappa shape index (κ3) is 7.55. The van der Waals surface area contributed by atoms with E-state index >= 15 is 0 Å². The first-order chi connectivity index (χ1) is 16.4. The molecule has 0 spiro atoms. The number of ether oxygens (including phenoxy) is 2. The quantitative estimate of drug-likeness (QED) is 0.321. The van der Waals surface area contributed by atoms with Crippen LogP contribution in [-0.4, -0.2) is 31.6 Å². The summed E-state index contributed by atoms with van der Waals surface area (Å²) in [6, 6.07) is 18.0. The molecular formula is C27H30N2O5.